The van der Waals surface area contributed by atoms with Crippen molar-refractivity contribution in [2.75, 3.05) is 0 Å². The summed E-state index contributed by atoms with van der Waals surface area (Å²) < 4.78 is 0. The van der Waals surface area contributed by atoms with E-state index in [0.29, 0.717) is 22.2 Å². The summed E-state index contributed by atoms with van der Waals surface area (Å²) in [4.78, 5) is 12.0. The Labute approximate surface area is 144 Å². The summed E-state index contributed by atoms with van der Waals surface area (Å²) in [5.41, 5.74) is 2.42. The normalized spacial score (nSPS) is 10.1. The van der Waals surface area contributed by atoms with Crippen molar-refractivity contribution >= 4 is 46.4 Å². The molecule has 22 heavy (non-hydrogen) atoms. The number of thiocarbonyl (C=S) groups is 1. The zero-order chi connectivity index (χ0) is 16.1. The van der Waals surface area contributed by atoms with E-state index >= 15 is 0 Å². The maximum Gasteiger partial charge on any atom is 0.257 e. The highest BCUT2D eigenvalue weighted by atomic mass is 35.5. The van der Waals surface area contributed by atoms with Crippen LogP contribution in [-0.2, 0) is 6.54 Å². The smallest absolute Gasteiger partial charge is 0.257 e. The van der Waals surface area contributed by atoms with E-state index in [9.17, 15) is 4.79 Å². The Kier molecular flexibility index (Phi) is 5.77. The number of nitrogens with one attached hydrogen (secondary N) is 2. The number of benzene rings is 2. The molecule has 2 rings (SSSR count). The molecule has 0 saturated heterocycles. The van der Waals surface area contributed by atoms with Gasteiger partial charge in [0.05, 0.1) is 0 Å². The van der Waals surface area contributed by atoms with E-state index in [1.807, 2.05) is 25.1 Å². The zero-order valence-electron chi connectivity index (χ0n) is 11.8. The highest BCUT2D eigenvalue weighted by Gasteiger charge is 2.08. The third-order valence-corrected chi connectivity index (χ3v) is 3.80. The van der Waals surface area contributed by atoms with Crippen LogP contribution in [0.1, 0.15) is 21.5 Å². The number of hydrogen-bond donors (Lipinski definition) is 2. The molecule has 0 aromatic heterocycles. The summed E-state index contributed by atoms with van der Waals surface area (Å²) in [6.07, 6.45) is 0. The molecule has 0 spiro atoms. The van der Waals surface area contributed by atoms with E-state index in [-0.39, 0.29) is 11.0 Å². The molecule has 0 fully saturated rings. The van der Waals surface area contributed by atoms with Gasteiger partial charge in [-0.05, 0) is 49.0 Å². The van der Waals surface area contributed by atoms with Gasteiger partial charge in [-0.3, -0.25) is 10.1 Å². The van der Waals surface area contributed by atoms with Crippen molar-refractivity contribution in [3.8, 4) is 0 Å². The number of carbonyl (C=O) groups is 1. The van der Waals surface area contributed by atoms with Crippen molar-refractivity contribution in [2.45, 2.75) is 13.5 Å². The summed E-state index contributed by atoms with van der Waals surface area (Å²) in [6.45, 7) is 2.33. The fourth-order valence-corrected chi connectivity index (χ4v) is 2.49. The van der Waals surface area contributed by atoms with Gasteiger partial charge in [0, 0.05) is 22.2 Å². The van der Waals surface area contributed by atoms with E-state index in [2.05, 4.69) is 10.6 Å². The first-order valence-electron chi connectivity index (χ1n) is 6.55. The second-order valence-corrected chi connectivity index (χ2v) is 5.99. The van der Waals surface area contributed by atoms with Crippen molar-refractivity contribution in [3.05, 3.63) is 69.2 Å². The molecule has 6 heteroatoms. The lowest BCUT2D eigenvalue weighted by Crippen LogP contribution is -2.38. The maximum absolute atomic E-state index is 12.0. The Bertz CT molecular complexity index is 719. The van der Waals surface area contributed by atoms with Crippen molar-refractivity contribution in [1.29, 1.82) is 0 Å². The topological polar surface area (TPSA) is 41.1 Å². The summed E-state index contributed by atoms with van der Waals surface area (Å²) >= 11 is 17.0. The first kappa shape index (κ1) is 16.7. The van der Waals surface area contributed by atoms with Gasteiger partial charge >= 0.3 is 0 Å². The van der Waals surface area contributed by atoms with Crippen LogP contribution >= 0.6 is 35.4 Å². The van der Waals surface area contributed by atoms with Crippen LogP contribution in [0.3, 0.4) is 0 Å². The average Bonchev–Trinajstić information content (AvgIpc) is 2.46. The molecule has 0 aliphatic heterocycles. The van der Waals surface area contributed by atoms with Crippen LogP contribution in [0.4, 0.5) is 0 Å². The Morgan fingerprint density at radius 1 is 1.18 bits per heavy atom. The summed E-state index contributed by atoms with van der Waals surface area (Å²) in [7, 11) is 0. The standard InChI is InChI=1S/C16H14Cl2N2OS/c1-10-3-2-4-11(7-10)15(21)20-16(22)19-9-12-5-6-13(17)8-14(12)18/h2-8H,9H2,1H3,(H2,19,20,21,22). The molecule has 0 saturated carbocycles. The van der Waals surface area contributed by atoms with Gasteiger partial charge in [0.2, 0.25) is 0 Å². The van der Waals surface area contributed by atoms with E-state index in [0.717, 1.165) is 11.1 Å². The van der Waals surface area contributed by atoms with E-state index in [1.165, 1.54) is 0 Å². The molecule has 2 aromatic carbocycles. The molecular weight excluding hydrogens is 339 g/mol. The molecule has 0 aliphatic carbocycles. The lowest BCUT2D eigenvalue weighted by molar-refractivity contribution is 0.0976. The van der Waals surface area contributed by atoms with Gasteiger partial charge in [0.1, 0.15) is 0 Å². The van der Waals surface area contributed by atoms with E-state index in [4.69, 9.17) is 35.4 Å². The van der Waals surface area contributed by atoms with Crippen LogP contribution in [0.15, 0.2) is 42.5 Å². The molecule has 2 N–H and O–H groups in total. The Morgan fingerprint density at radius 3 is 2.64 bits per heavy atom. The highest BCUT2D eigenvalue weighted by Crippen LogP contribution is 2.20. The molecule has 2 aromatic rings. The van der Waals surface area contributed by atoms with E-state index in [1.54, 1.807) is 24.3 Å². The highest BCUT2D eigenvalue weighted by molar-refractivity contribution is 7.80. The lowest BCUT2D eigenvalue weighted by Gasteiger charge is -2.11. The van der Waals surface area contributed by atoms with Gasteiger partial charge in [0.25, 0.3) is 5.91 Å². The average molecular weight is 353 g/mol. The first-order chi connectivity index (χ1) is 10.5. The van der Waals surface area contributed by atoms with Gasteiger partial charge in [-0.25, -0.2) is 0 Å². The van der Waals surface area contributed by atoms with Crippen LogP contribution in [0.25, 0.3) is 0 Å². The minimum atomic E-state index is -0.247. The zero-order valence-corrected chi connectivity index (χ0v) is 14.1. The molecule has 0 heterocycles. The van der Waals surface area contributed by atoms with Crippen LogP contribution in [-0.4, -0.2) is 11.0 Å². The second-order valence-electron chi connectivity index (χ2n) is 4.74. The SMILES string of the molecule is Cc1cccc(C(=O)NC(=S)NCc2ccc(Cl)cc2Cl)c1. The van der Waals surface area contributed by atoms with Crippen LogP contribution in [0.5, 0.6) is 0 Å². The van der Waals surface area contributed by atoms with Gasteiger partial charge < -0.3 is 5.32 Å². The predicted molar refractivity (Wildman–Crippen MR) is 94.5 cm³/mol. The molecule has 3 nitrogen and oxygen atoms in total. The minimum Gasteiger partial charge on any atom is -0.358 e. The summed E-state index contributed by atoms with van der Waals surface area (Å²) in [5, 5.41) is 6.95. The molecule has 114 valence electrons. The molecular formula is C16H14Cl2N2OS. The van der Waals surface area contributed by atoms with Gasteiger partial charge in [-0.1, -0.05) is 47.0 Å². The number of rotatable bonds is 3. The van der Waals surface area contributed by atoms with Gasteiger partial charge in [-0.2, -0.15) is 0 Å². The fourth-order valence-electron chi connectivity index (χ4n) is 1.85. The third-order valence-electron chi connectivity index (χ3n) is 2.96. The van der Waals surface area contributed by atoms with Gasteiger partial charge in [-0.15, -0.1) is 0 Å². The summed E-state index contributed by atoms with van der Waals surface area (Å²) in [5.74, 6) is -0.247. The number of amides is 1. The quantitative estimate of drug-likeness (QED) is 0.816. The molecule has 0 atom stereocenters. The second kappa shape index (κ2) is 7.58. The maximum atomic E-state index is 12.0. The van der Waals surface area contributed by atoms with Crippen molar-refractivity contribution < 1.29 is 4.79 Å². The number of halogens is 2. The molecule has 0 aliphatic rings. The Balaban J connectivity index is 1.91. The largest absolute Gasteiger partial charge is 0.358 e. The molecule has 1 amide bonds. The Morgan fingerprint density at radius 2 is 1.95 bits per heavy atom. The monoisotopic (exact) mass is 352 g/mol. The van der Waals surface area contributed by atoms with Crippen molar-refractivity contribution in [1.82, 2.24) is 10.6 Å². The number of carbonyl (C=O) groups excluding carboxylic acids is 1. The van der Waals surface area contributed by atoms with Crippen LogP contribution < -0.4 is 10.6 Å². The predicted octanol–water partition coefficient (Wildman–Crippen LogP) is 4.11. The van der Waals surface area contributed by atoms with Gasteiger partial charge in [0.15, 0.2) is 5.11 Å². The number of hydrogen-bond acceptors (Lipinski definition) is 2. The lowest BCUT2D eigenvalue weighted by atomic mass is 10.1. The van der Waals surface area contributed by atoms with Crippen molar-refractivity contribution in [3.63, 3.8) is 0 Å². The van der Waals surface area contributed by atoms with E-state index < -0.39 is 0 Å². The first-order valence-corrected chi connectivity index (χ1v) is 7.72. The fraction of sp³-hybridized carbons (Fsp3) is 0.125. The molecule has 0 unspecified atom stereocenters. The molecule has 0 bridgehead atoms. The third kappa shape index (κ3) is 4.70. The molecule has 0 radical (unpaired) electrons. The van der Waals surface area contributed by atoms with Crippen molar-refractivity contribution in [2.24, 2.45) is 0 Å². The Hall–Kier alpha value is -1.62. The van der Waals surface area contributed by atoms with Crippen LogP contribution in [0.2, 0.25) is 10.0 Å². The van der Waals surface area contributed by atoms with Crippen LogP contribution in [0, 0.1) is 6.92 Å². The summed E-state index contributed by atoms with van der Waals surface area (Å²) in [6, 6.07) is 12.5. The number of aryl methyl sites for hydroxylation is 1. The minimum absolute atomic E-state index is 0.247.